The van der Waals surface area contributed by atoms with Crippen molar-refractivity contribution in [2.75, 3.05) is 0 Å². The molecule has 0 bridgehead atoms. The van der Waals surface area contributed by atoms with Gasteiger partial charge in [-0.3, -0.25) is 9.59 Å². The quantitative estimate of drug-likeness (QED) is 0.756. The van der Waals surface area contributed by atoms with Crippen LogP contribution in [-0.4, -0.2) is 11.8 Å². The Morgan fingerprint density at radius 2 is 1.50 bits per heavy atom. The Kier molecular flexibility index (Phi) is 5.36. The molecule has 0 spiro atoms. The molecular formula is C19H23N3O2. The molecule has 3 unspecified atom stereocenters. The molecule has 0 saturated carbocycles. The van der Waals surface area contributed by atoms with E-state index >= 15 is 0 Å². The van der Waals surface area contributed by atoms with Crippen LogP contribution in [0.5, 0.6) is 0 Å². The van der Waals surface area contributed by atoms with Crippen LogP contribution >= 0.6 is 0 Å². The highest BCUT2D eigenvalue weighted by Gasteiger charge is 2.37. The second kappa shape index (κ2) is 7.27. The van der Waals surface area contributed by atoms with Crippen LogP contribution in [0.15, 0.2) is 60.7 Å². The van der Waals surface area contributed by atoms with Crippen molar-refractivity contribution in [1.82, 2.24) is 5.32 Å². The molecule has 0 heterocycles. The smallest absolute Gasteiger partial charge is 0.247 e. The standard InChI is InChI=1S/C19H23N3O2/c1-13(16(20)14-9-5-3-6-10-14)17(23)22-19(2,18(21)24)15-11-7-4-8-12-15/h3-13,16H,20H2,1-2H3,(H2,21,24)(H,22,23). The number of nitrogens with two attached hydrogens (primary N) is 2. The van der Waals surface area contributed by atoms with Crippen LogP contribution in [0.4, 0.5) is 0 Å². The molecule has 2 aromatic rings. The maximum Gasteiger partial charge on any atom is 0.247 e. The van der Waals surface area contributed by atoms with Gasteiger partial charge in [-0.1, -0.05) is 67.6 Å². The van der Waals surface area contributed by atoms with E-state index in [9.17, 15) is 9.59 Å². The molecule has 5 heteroatoms. The molecule has 3 atom stereocenters. The first-order chi connectivity index (χ1) is 11.4. The van der Waals surface area contributed by atoms with Gasteiger partial charge in [-0.25, -0.2) is 0 Å². The van der Waals surface area contributed by atoms with Crippen LogP contribution < -0.4 is 16.8 Å². The Bertz CT molecular complexity index is 703. The fraction of sp³-hybridized carbons (Fsp3) is 0.263. The Labute approximate surface area is 142 Å². The molecule has 2 amide bonds. The van der Waals surface area contributed by atoms with E-state index in [2.05, 4.69) is 5.32 Å². The minimum Gasteiger partial charge on any atom is -0.367 e. The van der Waals surface area contributed by atoms with Crippen molar-refractivity contribution in [3.63, 3.8) is 0 Å². The fourth-order valence-electron chi connectivity index (χ4n) is 2.53. The average Bonchev–Trinajstić information content (AvgIpc) is 2.61. The van der Waals surface area contributed by atoms with Gasteiger partial charge in [-0.05, 0) is 18.1 Å². The number of carbonyl (C=O) groups is 2. The summed E-state index contributed by atoms with van der Waals surface area (Å²) in [6.45, 7) is 3.34. The van der Waals surface area contributed by atoms with Crippen LogP contribution in [0.25, 0.3) is 0 Å². The lowest BCUT2D eigenvalue weighted by Gasteiger charge is -2.30. The molecule has 24 heavy (non-hydrogen) atoms. The van der Waals surface area contributed by atoms with E-state index in [1.165, 1.54) is 0 Å². The van der Waals surface area contributed by atoms with Crippen molar-refractivity contribution >= 4 is 11.8 Å². The van der Waals surface area contributed by atoms with Gasteiger partial charge >= 0.3 is 0 Å². The van der Waals surface area contributed by atoms with E-state index in [0.717, 1.165) is 5.56 Å². The van der Waals surface area contributed by atoms with E-state index in [1.54, 1.807) is 38.1 Å². The molecule has 0 aliphatic rings. The van der Waals surface area contributed by atoms with Crippen LogP contribution in [0.1, 0.15) is 31.0 Å². The van der Waals surface area contributed by atoms with Gasteiger partial charge in [-0.15, -0.1) is 0 Å². The molecule has 126 valence electrons. The molecule has 0 saturated heterocycles. The van der Waals surface area contributed by atoms with Gasteiger partial charge in [0.1, 0.15) is 5.54 Å². The van der Waals surface area contributed by atoms with E-state index in [1.807, 2.05) is 36.4 Å². The lowest BCUT2D eigenvalue weighted by Crippen LogP contribution is -2.54. The normalized spacial score (nSPS) is 15.8. The third-order valence-corrected chi connectivity index (χ3v) is 4.35. The van der Waals surface area contributed by atoms with Crippen LogP contribution in [0, 0.1) is 5.92 Å². The highest BCUT2D eigenvalue weighted by Crippen LogP contribution is 2.24. The predicted molar refractivity (Wildman–Crippen MR) is 93.7 cm³/mol. The van der Waals surface area contributed by atoms with Gasteiger partial charge in [-0.2, -0.15) is 0 Å². The first kappa shape index (κ1) is 17.7. The number of nitrogens with one attached hydrogen (secondary N) is 1. The molecule has 0 aliphatic heterocycles. The zero-order valence-corrected chi connectivity index (χ0v) is 13.9. The van der Waals surface area contributed by atoms with Crippen molar-refractivity contribution in [2.24, 2.45) is 17.4 Å². The number of hydrogen-bond donors (Lipinski definition) is 3. The predicted octanol–water partition coefficient (Wildman–Crippen LogP) is 1.84. The van der Waals surface area contributed by atoms with Crippen molar-refractivity contribution in [3.05, 3.63) is 71.8 Å². The first-order valence-electron chi connectivity index (χ1n) is 7.84. The number of rotatable bonds is 6. The molecule has 2 rings (SSSR count). The van der Waals surface area contributed by atoms with Crippen LogP contribution in [-0.2, 0) is 15.1 Å². The SMILES string of the molecule is CC(C(=O)NC(C)(C(N)=O)c1ccccc1)C(N)c1ccccc1. The van der Waals surface area contributed by atoms with Crippen molar-refractivity contribution in [2.45, 2.75) is 25.4 Å². The van der Waals surface area contributed by atoms with Crippen molar-refractivity contribution in [1.29, 1.82) is 0 Å². The molecule has 0 radical (unpaired) electrons. The van der Waals surface area contributed by atoms with Gasteiger partial charge in [0, 0.05) is 6.04 Å². The topological polar surface area (TPSA) is 98.2 Å². The lowest BCUT2D eigenvalue weighted by atomic mass is 9.88. The van der Waals surface area contributed by atoms with Gasteiger partial charge in [0.05, 0.1) is 5.92 Å². The van der Waals surface area contributed by atoms with Crippen molar-refractivity contribution < 1.29 is 9.59 Å². The minimum atomic E-state index is -1.29. The number of benzene rings is 2. The molecule has 0 fully saturated rings. The van der Waals surface area contributed by atoms with Gasteiger partial charge in [0.25, 0.3) is 0 Å². The zero-order chi connectivity index (χ0) is 17.7. The molecular weight excluding hydrogens is 302 g/mol. The van der Waals surface area contributed by atoms with Gasteiger partial charge in [0.2, 0.25) is 11.8 Å². The highest BCUT2D eigenvalue weighted by atomic mass is 16.2. The highest BCUT2D eigenvalue weighted by molar-refractivity contribution is 5.92. The maximum atomic E-state index is 12.7. The average molecular weight is 325 g/mol. The van der Waals surface area contributed by atoms with Crippen LogP contribution in [0.3, 0.4) is 0 Å². The Morgan fingerprint density at radius 1 is 1.00 bits per heavy atom. The largest absolute Gasteiger partial charge is 0.367 e. The summed E-state index contributed by atoms with van der Waals surface area (Å²) in [7, 11) is 0. The summed E-state index contributed by atoms with van der Waals surface area (Å²) in [4.78, 5) is 24.6. The summed E-state index contributed by atoms with van der Waals surface area (Å²) < 4.78 is 0. The second-order valence-corrected chi connectivity index (χ2v) is 6.07. The maximum absolute atomic E-state index is 12.7. The summed E-state index contributed by atoms with van der Waals surface area (Å²) in [5, 5.41) is 2.77. The van der Waals surface area contributed by atoms with Crippen LogP contribution in [0.2, 0.25) is 0 Å². The van der Waals surface area contributed by atoms with E-state index < -0.39 is 23.4 Å². The summed E-state index contributed by atoms with van der Waals surface area (Å²) in [6.07, 6.45) is 0. The summed E-state index contributed by atoms with van der Waals surface area (Å²) in [5.41, 5.74) is 12.0. The summed E-state index contributed by atoms with van der Waals surface area (Å²) in [5.74, 6) is -1.46. The Balaban J connectivity index is 2.21. The number of primary amides is 1. The van der Waals surface area contributed by atoms with Gasteiger partial charge in [0.15, 0.2) is 0 Å². The number of hydrogen-bond acceptors (Lipinski definition) is 3. The Morgan fingerprint density at radius 3 is 2.00 bits per heavy atom. The van der Waals surface area contributed by atoms with Crippen molar-refractivity contribution in [3.8, 4) is 0 Å². The second-order valence-electron chi connectivity index (χ2n) is 6.07. The monoisotopic (exact) mass is 325 g/mol. The number of amides is 2. The lowest BCUT2D eigenvalue weighted by molar-refractivity contribution is -0.133. The summed E-state index contributed by atoms with van der Waals surface area (Å²) in [6, 6.07) is 17.8. The third-order valence-electron chi connectivity index (χ3n) is 4.35. The van der Waals surface area contributed by atoms with E-state index in [4.69, 9.17) is 11.5 Å². The molecule has 0 aromatic heterocycles. The molecule has 5 nitrogen and oxygen atoms in total. The zero-order valence-electron chi connectivity index (χ0n) is 13.9. The van der Waals surface area contributed by atoms with E-state index in [-0.39, 0.29) is 5.91 Å². The molecule has 0 aliphatic carbocycles. The Hall–Kier alpha value is -2.66. The number of carbonyl (C=O) groups excluding carboxylic acids is 2. The minimum absolute atomic E-state index is 0.323. The molecule has 5 N–H and O–H groups in total. The third kappa shape index (κ3) is 3.63. The first-order valence-corrected chi connectivity index (χ1v) is 7.84. The molecule has 2 aromatic carbocycles. The van der Waals surface area contributed by atoms with Gasteiger partial charge < -0.3 is 16.8 Å². The van der Waals surface area contributed by atoms with E-state index in [0.29, 0.717) is 5.56 Å². The fourth-order valence-corrected chi connectivity index (χ4v) is 2.53. The summed E-state index contributed by atoms with van der Waals surface area (Å²) >= 11 is 0.